The normalized spacial score (nSPS) is 11.4. The highest BCUT2D eigenvalue weighted by molar-refractivity contribution is 5.79. The van der Waals surface area contributed by atoms with E-state index in [1.54, 1.807) is 0 Å². The van der Waals surface area contributed by atoms with Gasteiger partial charge in [-0.2, -0.15) is 0 Å². The minimum absolute atomic E-state index is 0.853. The molecule has 19 heavy (non-hydrogen) atoms. The van der Waals surface area contributed by atoms with E-state index in [2.05, 4.69) is 27.5 Å². The number of unbranched alkanes of at least 4 members (excludes halogenated alkanes) is 3. The van der Waals surface area contributed by atoms with Crippen LogP contribution in [0.4, 0.5) is 0 Å². The lowest BCUT2D eigenvalue weighted by Crippen LogP contribution is -2.38. The van der Waals surface area contributed by atoms with Gasteiger partial charge in [-0.15, -0.1) is 0 Å². The van der Waals surface area contributed by atoms with Gasteiger partial charge in [0, 0.05) is 38.4 Å². The van der Waals surface area contributed by atoms with Crippen LogP contribution in [0.15, 0.2) is 29.4 Å². The topological polar surface area (TPSA) is 49.3 Å². The van der Waals surface area contributed by atoms with Crippen LogP contribution in [0.3, 0.4) is 0 Å². The lowest BCUT2D eigenvalue weighted by molar-refractivity contribution is 0.646. The minimum atomic E-state index is 0.853. The van der Waals surface area contributed by atoms with Crippen molar-refractivity contribution in [2.75, 3.05) is 20.1 Å². The van der Waals surface area contributed by atoms with Crippen LogP contribution in [0.2, 0.25) is 0 Å². The zero-order valence-electron chi connectivity index (χ0n) is 12.2. The molecule has 0 spiro atoms. The molecule has 106 valence electrons. The van der Waals surface area contributed by atoms with Crippen LogP contribution in [0.25, 0.3) is 0 Å². The average Bonchev–Trinajstić information content (AvgIpc) is 2.46. The van der Waals surface area contributed by atoms with Crippen LogP contribution in [0.1, 0.15) is 38.3 Å². The maximum absolute atomic E-state index is 4.30. The quantitative estimate of drug-likeness (QED) is 0.429. The summed E-state index contributed by atoms with van der Waals surface area (Å²) in [6, 6.07) is 6.00. The van der Waals surface area contributed by atoms with Gasteiger partial charge in [0.2, 0.25) is 0 Å². The van der Waals surface area contributed by atoms with Crippen LogP contribution in [-0.4, -0.2) is 31.1 Å². The Morgan fingerprint density at radius 2 is 2.00 bits per heavy atom. The third-order valence-corrected chi connectivity index (χ3v) is 2.95. The molecule has 0 atom stereocenters. The van der Waals surface area contributed by atoms with E-state index >= 15 is 0 Å². The first kappa shape index (κ1) is 15.5. The van der Waals surface area contributed by atoms with Crippen molar-refractivity contribution in [1.82, 2.24) is 15.6 Å². The van der Waals surface area contributed by atoms with Crippen molar-refractivity contribution in [2.45, 2.75) is 39.0 Å². The SMILES string of the molecule is CCCCCCNC(=NC)NCCc1ccccn1. The predicted octanol–water partition coefficient (Wildman–Crippen LogP) is 2.37. The number of hydrogen-bond acceptors (Lipinski definition) is 2. The fourth-order valence-corrected chi connectivity index (χ4v) is 1.83. The first-order valence-electron chi connectivity index (χ1n) is 7.21. The van der Waals surface area contributed by atoms with E-state index in [0.717, 1.165) is 31.2 Å². The second kappa shape index (κ2) is 10.4. The van der Waals surface area contributed by atoms with Gasteiger partial charge < -0.3 is 10.6 Å². The van der Waals surface area contributed by atoms with Gasteiger partial charge in [0.15, 0.2) is 5.96 Å². The van der Waals surface area contributed by atoms with Crippen molar-refractivity contribution in [3.8, 4) is 0 Å². The van der Waals surface area contributed by atoms with Crippen LogP contribution in [-0.2, 0) is 6.42 Å². The molecule has 0 bridgehead atoms. The van der Waals surface area contributed by atoms with E-state index in [1.165, 1.54) is 25.7 Å². The second-order valence-electron chi connectivity index (χ2n) is 4.56. The number of aromatic nitrogens is 1. The highest BCUT2D eigenvalue weighted by Crippen LogP contribution is 1.97. The van der Waals surface area contributed by atoms with Gasteiger partial charge in [0.05, 0.1) is 0 Å². The lowest BCUT2D eigenvalue weighted by Gasteiger charge is -2.11. The zero-order valence-corrected chi connectivity index (χ0v) is 12.2. The van der Waals surface area contributed by atoms with E-state index in [-0.39, 0.29) is 0 Å². The molecule has 0 radical (unpaired) electrons. The van der Waals surface area contributed by atoms with Crippen LogP contribution in [0.5, 0.6) is 0 Å². The summed E-state index contributed by atoms with van der Waals surface area (Å²) < 4.78 is 0. The summed E-state index contributed by atoms with van der Waals surface area (Å²) in [6.45, 7) is 4.07. The number of aliphatic imine (C=N–C) groups is 1. The van der Waals surface area contributed by atoms with Crippen LogP contribution < -0.4 is 10.6 Å². The van der Waals surface area contributed by atoms with Crippen molar-refractivity contribution < 1.29 is 0 Å². The highest BCUT2D eigenvalue weighted by atomic mass is 15.2. The van der Waals surface area contributed by atoms with Gasteiger partial charge in [-0.25, -0.2) is 0 Å². The Balaban J connectivity index is 2.12. The molecule has 0 unspecified atom stereocenters. The molecule has 0 saturated carbocycles. The smallest absolute Gasteiger partial charge is 0.190 e. The van der Waals surface area contributed by atoms with Gasteiger partial charge in [0.1, 0.15) is 0 Å². The Morgan fingerprint density at radius 1 is 1.16 bits per heavy atom. The second-order valence-corrected chi connectivity index (χ2v) is 4.56. The van der Waals surface area contributed by atoms with Gasteiger partial charge >= 0.3 is 0 Å². The number of nitrogens with one attached hydrogen (secondary N) is 2. The molecule has 0 aliphatic heterocycles. The standard InChI is InChI=1S/C15H26N4/c1-3-4-5-7-12-18-15(16-2)19-13-10-14-9-6-8-11-17-14/h6,8-9,11H,3-5,7,10,12-13H2,1-2H3,(H2,16,18,19). The molecular weight excluding hydrogens is 236 g/mol. The Bertz CT molecular complexity index is 348. The molecule has 1 aromatic heterocycles. The summed E-state index contributed by atoms with van der Waals surface area (Å²) >= 11 is 0. The fraction of sp³-hybridized carbons (Fsp3) is 0.600. The molecule has 0 aliphatic rings. The van der Waals surface area contributed by atoms with Gasteiger partial charge in [0.25, 0.3) is 0 Å². The molecule has 0 amide bonds. The Morgan fingerprint density at radius 3 is 2.68 bits per heavy atom. The highest BCUT2D eigenvalue weighted by Gasteiger charge is 1.97. The fourth-order valence-electron chi connectivity index (χ4n) is 1.83. The average molecular weight is 262 g/mol. The molecule has 1 heterocycles. The van der Waals surface area contributed by atoms with Crippen molar-refractivity contribution in [1.29, 1.82) is 0 Å². The van der Waals surface area contributed by atoms with E-state index < -0.39 is 0 Å². The zero-order chi connectivity index (χ0) is 13.8. The predicted molar refractivity (Wildman–Crippen MR) is 81.4 cm³/mol. The number of rotatable bonds is 8. The van der Waals surface area contributed by atoms with Crippen molar-refractivity contribution in [2.24, 2.45) is 4.99 Å². The molecule has 4 heteroatoms. The van der Waals surface area contributed by atoms with Gasteiger partial charge in [-0.05, 0) is 18.6 Å². The van der Waals surface area contributed by atoms with Crippen molar-refractivity contribution >= 4 is 5.96 Å². The monoisotopic (exact) mass is 262 g/mol. The van der Waals surface area contributed by atoms with Crippen LogP contribution in [0, 0.1) is 0 Å². The molecular formula is C15H26N4. The molecule has 2 N–H and O–H groups in total. The summed E-state index contributed by atoms with van der Waals surface area (Å²) in [5, 5.41) is 6.64. The number of pyridine rings is 1. The largest absolute Gasteiger partial charge is 0.356 e. The molecule has 1 rings (SSSR count). The number of nitrogens with zero attached hydrogens (tertiary/aromatic N) is 2. The maximum Gasteiger partial charge on any atom is 0.190 e. The lowest BCUT2D eigenvalue weighted by atomic mass is 10.2. The number of hydrogen-bond donors (Lipinski definition) is 2. The Hall–Kier alpha value is -1.58. The third-order valence-electron chi connectivity index (χ3n) is 2.95. The molecule has 0 saturated heterocycles. The molecule has 1 aromatic rings. The summed E-state index contributed by atoms with van der Waals surface area (Å²) in [4.78, 5) is 8.51. The van der Waals surface area contributed by atoms with Crippen molar-refractivity contribution in [3.63, 3.8) is 0 Å². The minimum Gasteiger partial charge on any atom is -0.356 e. The Kier molecular flexibility index (Phi) is 8.43. The third kappa shape index (κ3) is 7.44. The summed E-state index contributed by atoms with van der Waals surface area (Å²) in [5.41, 5.74) is 1.10. The molecule has 4 nitrogen and oxygen atoms in total. The van der Waals surface area contributed by atoms with Gasteiger partial charge in [-0.1, -0.05) is 32.3 Å². The first-order chi connectivity index (χ1) is 9.36. The molecule has 0 aliphatic carbocycles. The molecule has 0 fully saturated rings. The number of guanidine groups is 1. The van der Waals surface area contributed by atoms with Crippen molar-refractivity contribution in [3.05, 3.63) is 30.1 Å². The van der Waals surface area contributed by atoms with Crippen LogP contribution >= 0.6 is 0 Å². The van der Waals surface area contributed by atoms with Gasteiger partial charge in [-0.3, -0.25) is 9.98 Å². The summed E-state index contributed by atoms with van der Waals surface area (Å²) in [5.74, 6) is 0.882. The first-order valence-corrected chi connectivity index (χ1v) is 7.21. The van der Waals surface area contributed by atoms with E-state index in [1.807, 2.05) is 31.4 Å². The van der Waals surface area contributed by atoms with E-state index in [9.17, 15) is 0 Å². The summed E-state index contributed by atoms with van der Waals surface area (Å²) in [6.07, 6.45) is 7.82. The maximum atomic E-state index is 4.30. The van der Waals surface area contributed by atoms with E-state index in [0.29, 0.717) is 0 Å². The van der Waals surface area contributed by atoms with E-state index in [4.69, 9.17) is 0 Å². The summed E-state index contributed by atoms with van der Waals surface area (Å²) in [7, 11) is 1.81. The molecule has 0 aromatic carbocycles. The Labute approximate surface area is 116 Å².